The number of hydrogen-bond acceptors (Lipinski definition) is 4. The van der Waals surface area contributed by atoms with Crippen molar-refractivity contribution in [3.8, 4) is 6.07 Å². The highest BCUT2D eigenvalue weighted by atomic mass is 35.5. The normalized spacial score (nSPS) is 14.9. The van der Waals surface area contributed by atoms with Gasteiger partial charge in [0.05, 0.1) is 28.0 Å². The summed E-state index contributed by atoms with van der Waals surface area (Å²) >= 11 is 6.27. The predicted octanol–water partition coefficient (Wildman–Crippen LogP) is 4.08. The lowest BCUT2D eigenvalue weighted by Gasteiger charge is -2.26. The topological polar surface area (TPSA) is 81.5 Å². The van der Waals surface area contributed by atoms with Gasteiger partial charge in [-0.2, -0.15) is 9.57 Å². The van der Waals surface area contributed by atoms with E-state index < -0.39 is 15.9 Å². The van der Waals surface area contributed by atoms with Crippen LogP contribution in [0.2, 0.25) is 5.02 Å². The summed E-state index contributed by atoms with van der Waals surface area (Å²) in [5.41, 5.74) is 0.722. The number of halogens is 1. The zero-order valence-corrected chi connectivity index (χ0v) is 17.5. The van der Waals surface area contributed by atoms with E-state index in [1.165, 1.54) is 27.4 Å². The molecule has 3 rings (SSSR count). The summed E-state index contributed by atoms with van der Waals surface area (Å²) in [5.74, 6) is -0.438. The van der Waals surface area contributed by atoms with Crippen molar-refractivity contribution in [2.24, 2.45) is 0 Å². The summed E-state index contributed by atoms with van der Waals surface area (Å²) in [6.07, 6.45) is 2.81. The zero-order valence-electron chi connectivity index (χ0n) is 15.9. The first-order chi connectivity index (χ1) is 13.9. The van der Waals surface area contributed by atoms with Crippen molar-refractivity contribution in [3.05, 3.63) is 59.1 Å². The van der Waals surface area contributed by atoms with Crippen LogP contribution in [0.5, 0.6) is 0 Å². The maximum absolute atomic E-state index is 13.3. The average molecular weight is 432 g/mol. The van der Waals surface area contributed by atoms with Crippen LogP contribution in [0.1, 0.15) is 36.0 Å². The lowest BCUT2D eigenvalue weighted by Crippen LogP contribution is -2.36. The summed E-state index contributed by atoms with van der Waals surface area (Å²) in [4.78, 5) is 14.8. The van der Waals surface area contributed by atoms with Crippen molar-refractivity contribution in [1.29, 1.82) is 5.26 Å². The highest BCUT2D eigenvalue weighted by Crippen LogP contribution is 2.27. The van der Waals surface area contributed by atoms with Gasteiger partial charge < -0.3 is 4.90 Å². The molecule has 1 heterocycles. The third-order valence-electron chi connectivity index (χ3n) is 4.88. The molecule has 8 heteroatoms. The summed E-state index contributed by atoms with van der Waals surface area (Å²) in [6.45, 7) is 1.14. The molecule has 1 aliphatic heterocycles. The van der Waals surface area contributed by atoms with Crippen LogP contribution in [-0.4, -0.2) is 38.3 Å². The van der Waals surface area contributed by atoms with Gasteiger partial charge in [-0.1, -0.05) is 36.2 Å². The molecule has 0 aromatic heterocycles. The van der Waals surface area contributed by atoms with E-state index in [0.29, 0.717) is 18.8 Å². The van der Waals surface area contributed by atoms with Crippen LogP contribution in [0, 0.1) is 11.3 Å². The van der Waals surface area contributed by atoms with Gasteiger partial charge >= 0.3 is 0 Å². The molecule has 0 aliphatic carbocycles. The molecule has 1 amide bonds. The third-order valence-corrected chi connectivity index (χ3v) is 7.11. The number of carbonyl (C=O) groups excluding carboxylic acids is 1. The number of sulfonamides is 1. The largest absolute Gasteiger partial charge is 0.307 e. The van der Waals surface area contributed by atoms with Gasteiger partial charge in [0.25, 0.3) is 5.91 Å². The van der Waals surface area contributed by atoms with Gasteiger partial charge in [-0.05, 0) is 43.2 Å². The second kappa shape index (κ2) is 9.40. The number of anilines is 1. The van der Waals surface area contributed by atoms with E-state index in [-0.39, 0.29) is 28.4 Å². The number of amides is 1. The van der Waals surface area contributed by atoms with Crippen molar-refractivity contribution >= 4 is 33.2 Å². The number of piperidine rings is 1. The Morgan fingerprint density at radius 1 is 1.10 bits per heavy atom. The number of nitriles is 1. The maximum Gasteiger partial charge on any atom is 0.259 e. The number of carbonyl (C=O) groups is 1. The van der Waals surface area contributed by atoms with Gasteiger partial charge in [-0.25, -0.2) is 8.42 Å². The van der Waals surface area contributed by atoms with E-state index in [0.717, 1.165) is 19.3 Å². The first kappa shape index (κ1) is 21.3. The van der Waals surface area contributed by atoms with Crippen LogP contribution < -0.4 is 4.90 Å². The van der Waals surface area contributed by atoms with E-state index in [1.54, 1.807) is 24.3 Å². The maximum atomic E-state index is 13.3. The molecule has 0 radical (unpaired) electrons. The second-order valence-corrected chi connectivity index (χ2v) is 9.15. The Balaban J connectivity index is 1.97. The van der Waals surface area contributed by atoms with E-state index in [9.17, 15) is 13.2 Å². The predicted molar refractivity (Wildman–Crippen MR) is 112 cm³/mol. The minimum absolute atomic E-state index is 0.0560. The van der Waals surface area contributed by atoms with E-state index in [2.05, 4.69) is 0 Å². The first-order valence-corrected chi connectivity index (χ1v) is 11.3. The van der Waals surface area contributed by atoms with Crippen LogP contribution in [0.25, 0.3) is 0 Å². The smallest absolute Gasteiger partial charge is 0.259 e. The number of rotatable bonds is 6. The molecule has 0 bridgehead atoms. The molecule has 2 aromatic rings. The Bertz CT molecular complexity index is 1010. The minimum atomic E-state index is -3.69. The molecule has 2 aromatic carbocycles. The Hall–Kier alpha value is -2.40. The molecule has 0 unspecified atom stereocenters. The highest BCUT2D eigenvalue weighted by molar-refractivity contribution is 7.89. The van der Waals surface area contributed by atoms with Crippen molar-refractivity contribution in [1.82, 2.24) is 4.31 Å². The molecule has 0 atom stereocenters. The van der Waals surface area contributed by atoms with Crippen LogP contribution in [0.4, 0.5) is 5.69 Å². The monoisotopic (exact) mass is 431 g/mol. The van der Waals surface area contributed by atoms with Crippen LogP contribution >= 0.6 is 11.6 Å². The Kier molecular flexibility index (Phi) is 6.91. The molecule has 0 N–H and O–H groups in total. The van der Waals surface area contributed by atoms with E-state index in [1.807, 2.05) is 12.1 Å². The molecular weight excluding hydrogens is 410 g/mol. The summed E-state index contributed by atoms with van der Waals surface area (Å²) in [7, 11) is -3.69. The zero-order chi connectivity index (χ0) is 20.9. The van der Waals surface area contributed by atoms with Crippen molar-refractivity contribution in [3.63, 3.8) is 0 Å². The Morgan fingerprint density at radius 2 is 1.79 bits per heavy atom. The van der Waals surface area contributed by atoms with Gasteiger partial charge in [0.15, 0.2) is 0 Å². The third kappa shape index (κ3) is 4.78. The van der Waals surface area contributed by atoms with Crippen molar-refractivity contribution in [2.45, 2.75) is 30.6 Å². The minimum Gasteiger partial charge on any atom is -0.307 e. The molecule has 0 spiro atoms. The number of nitrogens with zero attached hydrogens (tertiary/aromatic N) is 3. The van der Waals surface area contributed by atoms with E-state index >= 15 is 0 Å². The van der Waals surface area contributed by atoms with Crippen molar-refractivity contribution in [2.75, 3.05) is 24.5 Å². The van der Waals surface area contributed by atoms with Gasteiger partial charge in [0.1, 0.15) is 0 Å². The molecule has 1 fully saturated rings. The molecular formula is C21H22ClN3O3S. The van der Waals surface area contributed by atoms with Crippen LogP contribution in [-0.2, 0) is 10.0 Å². The fourth-order valence-corrected chi connectivity index (χ4v) is 5.09. The Labute approximate surface area is 176 Å². The van der Waals surface area contributed by atoms with Crippen molar-refractivity contribution < 1.29 is 13.2 Å². The fraction of sp³-hybridized carbons (Fsp3) is 0.333. The summed E-state index contributed by atoms with van der Waals surface area (Å²) in [5, 5.41) is 9.14. The summed E-state index contributed by atoms with van der Waals surface area (Å²) in [6, 6.07) is 15.2. The average Bonchev–Trinajstić information content (AvgIpc) is 2.75. The first-order valence-electron chi connectivity index (χ1n) is 9.48. The van der Waals surface area contributed by atoms with Gasteiger partial charge in [-0.3, -0.25) is 4.79 Å². The SMILES string of the molecule is N#CCCN(C(=O)c1cc(S(=O)(=O)N2CCCCC2)ccc1Cl)c1ccccc1. The molecule has 0 saturated carbocycles. The van der Waals surface area contributed by atoms with Gasteiger partial charge in [0.2, 0.25) is 10.0 Å². The lowest BCUT2D eigenvalue weighted by molar-refractivity contribution is 0.0987. The van der Waals surface area contributed by atoms with Gasteiger partial charge in [0, 0.05) is 25.3 Å². The standard InChI is InChI=1S/C21H22ClN3O3S/c22-20-11-10-18(29(27,28)24-13-5-2-6-14-24)16-19(20)21(26)25(15-7-12-23)17-8-3-1-4-9-17/h1,3-4,8-11,16H,2,5-7,13-15H2. The van der Waals surface area contributed by atoms with Crippen LogP contribution in [0.15, 0.2) is 53.4 Å². The molecule has 29 heavy (non-hydrogen) atoms. The molecule has 152 valence electrons. The van der Waals surface area contributed by atoms with E-state index in [4.69, 9.17) is 16.9 Å². The molecule has 1 saturated heterocycles. The highest BCUT2D eigenvalue weighted by Gasteiger charge is 2.28. The molecule has 1 aliphatic rings. The number of para-hydroxylation sites is 1. The summed E-state index contributed by atoms with van der Waals surface area (Å²) < 4.78 is 27.5. The molecule has 6 nitrogen and oxygen atoms in total. The van der Waals surface area contributed by atoms with Crippen LogP contribution in [0.3, 0.4) is 0 Å². The quantitative estimate of drug-likeness (QED) is 0.690. The Morgan fingerprint density at radius 3 is 2.45 bits per heavy atom. The lowest BCUT2D eigenvalue weighted by atomic mass is 10.1. The fourth-order valence-electron chi connectivity index (χ4n) is 3.35. The van der Waals surface area contributed by atoms with Gasteiger partial charge in [-0.15, -0.1) is 0 Å². The second-order valence-electron chi connectivity index (χ2n) is 6.81. The number of hydrogen-bond donors (Lipinski definition) is 0. The number of benzene rings is 2.